The number of aromatic nitrogens is 2. The third-order valence-corrected chi connectivity index (χ3v) is 2.94. The van der Waals surface area contributed by atoms with Gasteiger partial charge in [-0.3, -0.25) is 0 Å². The van der Waals surface area contributed by atoms with Crippen LogP contribution in [0.4, 0.5) is 17.6 Å². The highest BCUT2D eigenvalue weighted by atomic mass is 19.4. The van der Waals surface area contributed by atoms with Crippen molar-refractivity contribution in [1.29, 1.82) is 0 Å². The van der Waals surface area contributed by atoms with Crippen LogP contribution in [0.25, 0.3) is 5.69 Å². The molecule has 114 valence electrons. The minimum absolute atomic E-state index is 0.000738. The molecule has 0 saturated carbocycles. The number of nitrogens with zero attached hydrogens (tertiary/aromatic N) is 2. The number of halogens is 4. The van der Waals surface area contributed by atoms with Gasteiger partial charge >= 0.3 is 6.18 Å². The Balaban J connectivity index is 2.45. The Morgan fingerprint density at radius 3 is 2.57 bits per heavy atom. The molecule has 1 aromatic heterocycles. The molecular formula is C14H15F4N3. The van der Waals surface area contributed by atoms with Crippen molar-refractivity contribution in [2.45, 2.75) is 26.1 Å². The van der Waals surface area contributed by atoms with E-state index in [9.17, 15) is 17.6 Å². The summed E-state index contributed by atoms with van der Waals surface area (Å²) in [5, 5.41) is 6.61. The first-order chi connectivity index (χ1) is 9.95. The van der Waals surface area contributed by atoms with E-state index in [4.69, 9.17) is 0 Å². The molecule has 0 unspecified atom stereocenters. The number of para-hydroxylation sites is 1. The fourth-order valence-corrected chi connectivity index (χ4v) is 2.02. The molecule has 21 heavy (non-hydrogen) atoms. The van der Waals surface area contributed by atoms with Crippen LogP contribution in [0, 0.1) is 5.82 Å². The molecule has 0 radical (unpaired) electrons. The van der Waals surface area contributed by atoms with E-state index in [2.05, 4.69) is 10.4 Å². The van der Waals surface area contributed by atoms with Crippen LogP contribution in [0.5, 0.6) is 0 Å². The summed E-state index contributed by atoms with van der Waals surface area (Å²) in [7, 11) is 0. The standard InChI is InChI=1S/C14H15F4N3/c1-2-7-19-8-10-9-20-21(13(10)14(16,17)18)12-6-4-3-5-11(12)15/h3-6,9,19H,2,7-8H2,1H3. The molecule has 0 amide bonds. The van der Waals surface area contributed by atoms with Gasteiger partial charge in [0.1, 0.15) is 11.5 Å². The van der Waals surface area contributed by atoms with Gasteiger partial charge in [-0.2, -0.15) is 18.3 Å². The van der Waals surface area contributed by atoms with Crippen LogP contribution in [-0.4, -0.2) is 16.3 Å². The zero-order valence-electron chi connectivity index (χ0n) is 11.4. The predicted octanol–water partition coefficient (Wildman–Crippen LogP) is 3.53. The number of benzene rings is 1. The molecule has 2 aromatic rings. The van der Waals surface area contributed by atoms with Crippen LogP contribution in [0.15, 0.2) is 30.5 Å². The van der Waals surface area contributed by atoms with E-state index in [0.717, 1.165) is 18.7 Å². The molecular weight excluding hydrogens is 286 g/mol. The zero-order valence-corrected chi connectivity index (χ0v) is 11.4. The summed E-state index contributed by atoms with van der Waals surface area (Å²) in [6.45, 7) is 2.56. The minimum Gasteiger partial charge on any atom is -0.313 e. The van der Waals surface area contributed by atoms with Gasteiger partial charge in [0.15, 0.2) is 5.69 Å². The molecule has 0 saturated heterocycles. The fraction of sp³-hybridized carbons (Fsp3) is 0.357. The van der Waals surface area contributed by atoms with Gasteiger partial charge in [-0.05, 0) is 25.1 Å². The summed E-state index contributed by atoms with van der Waals surface area (Å²) in [6, 6.07) is 5.25. The van der Waals surface area contributed by atoms with Gasteiger partial charge in [0, 0.05) is 12.1 Å². The van der Waals surface area contributed by atoms with E-state index in [1.54, 1.807) is 0 Å². The first-order valence-electron chi connectivity index (χ1n) is 6.55. The van der Waals surface area contributed by atoms with Gasteiger partial charge in [0.2, 0.25) is 0 Å². The largest absolute Gasteiger partial charge is 0.433 e. The molecule has 0 spiro atoms. The molecule has 1 aromatic carbocycles. The molecule has 0 aliphatic rings. The van der Waals surface area contributed by atoms with Crippen LogP contribution in [-0.2, 0) is 12.7 Å². The average Bonchev–Trinajstić information content (AvgIpc) is 2.83. The lowest BCUT2D eigenvalue weighted by atomic mass is 10.2. The molecule has 0 atom stereocenters. The molecule has 1 heterocycles. The summed E-state index contributed by atoms with van der Waals surface area (Å²) in [4.78, 5) is 0. The van der Waals surface area contributed by atoms with E-state index in [1.165, 1.54) is 18.2 Å². The van der Waals surface area contributed by atoms with Gasteiger partial charge < -0.3 is 5.32 Å². The maximum Gasteiger partial charge on any atom is 0.433 e. The van der Waals surface area contributed by atoms with Gasteiger partial charge in [-0.25, -0.2) is 9.07 Å². The number of hydrogen-bond acceptors (Lipinski definition) is 2. The summed E-state index contributed by atoms with van der Waals surface area (Å²) in [5.41, 5.74) is -1.16. The van der Waals surface area contributed by atoms with Crippen molar-refractivity contribution in [3.8, 4) is 5.69 Å². The Labute approximate surface area is 119 Å². The van der Waals surface area contributed by atoms with Crippen LogP contribution < -0.4 is 5.32 Å². The van der Waals surface area contributed by atoms with Crippen molar-refractivity contribution < 1.29 is 17.6 Å². The zero-order chi connectivity index (χ0) is 15.5. The van der Waals surface area contributed by atoms with E-state index >= 15 is 0 Å². The molecule has 3 nitrogen and oxygen atoms in total. The van der Waals surface area contributed by atoms with Crippen molar-refractivity contribution in [3.05, 3.63) is 47.5 Å². The molecule has 0 bridgehead atoms. The SMILES string of the molecule is CCCNCc1cnn(-c2ccccc2F)c1C(F)(F)F. The number of rotatable bonds is 5. The first-order valence-corrected chi connectivity index (χ1v) is 6.55. The van der Waals surface area contributed by atoms with Crippen molar-refractivity contribution in [1.82, 2.24) is 15.1 Å². The first kappa shape index (κ1) is 15.5. The lowest BCUT2D eigenvalue weighted by molar-refractivity contribution is -0.143. The van der Waals surface area contributed by atoms with Crippen molar-refractivity contribution in [3.63, 3.8) is 0 Å². The van der Waals surface area contributed by atoms with Crippen molar-refractivity contribution >= 4 is 0 Å². The molecule has 1 N–H and O–H groups in total. The van der Waals surface area contributed by atoms with Gasteiger partial charge in [0.25, 0.3) is 0 Å². The smallest absolute Gasteiger partial charge is 0.313 e. The number of hydrogen-bond donors (Lipinski definition) is 1. The summed E-state index contributed by atoms with van der Waals surface area (Å²) >= 11 is 0. The maximum atomic E-state index is 13.7. The summed E-state index contributed by atoms with van der Waals surface area (Å²) < 4.78 is 54.1. The highest BCUT2D eigenvalue weighted by Gasteiger charge is 2.38. The summed E-state index contributed by atoms with van der Waals surface area (Å²) in [5.74, 6) is -0.751. The van der Waals surface area contributed by atoms with E-state index < -0.39 is 17.7 Å². The van der Waals surface area contributed by atoms with Crippen LogP contribution in [0.2, 0.25) is 0 Å². The Morgan fingerprint density at radius 1 is 1.24 bits per heavy atom. The third kappa shape index (κ3) is 3.41. The topological polar surface area (TPSA) is 29.9 Å². The second-order valence-electron chi connectivity index (χ2n) is 4.56. The van der Waals surface area contributed by atoms with E-state index in [0.29, 0.717) is 11.2 Å². The quantitative estimate of drug-likeness (QED) is 0.676. The second-order valence-corrected chi connectivity index (χ2v) is 4.56. The second kappa shape index (κ2) is 6.26. The Kier molecular flexibility index (Phi) is 4.62. The van der Waals surface area contributed by atoms with Gasteiger partial charge in [0.05, 0.1) is 6.20 Å². The highest BCUT2D eigenvalue weighted by Crippen LogP contribution is 2.34. The Morgan fingerprint density at radius 2 is 1.95 bits per heavy atom. The fourth-order valence-electron chi connectivity index (χ4n) is 2.02. The highest BCUT2D eigenvalue weighted by molar-refractivity contribution is 5.37. The number of alkyl halides is 3. The predicted molar refractivity (Wildman–Crippen MR) is 70.5 cm³/mol. The Hall–Kier alpha value is -1.89. The summed E-state index contributed by atoms with van der Waals surface area (Å²) in [6.07, 6.45) is -2.68. The van der Waals surface area contributed by atoms with Crippen molar-refractivity contribution in [2.24, 2.45) is 0 Å². The maximum absolute atomic E-state index is 13.7. The monoisotopic (exact) mass is 301 g/mol. The Bertz CT molecular complexity index is 605. The van der Waals surface area contributed by atoms with Gasteiger partial charge in [-0.15, -0.1) is 0 Å². The lowest BCUT2D eigenvalue weighted by Crippen LogP contribution is -2.20. The lowest BCUT2D eigenvalue weighted by Gasteiger charge is -2.13. The van der Waals surface area contributed by atoms with Crippen LogP contribution in [0.3, 0.4) is 0 Å². The van der Waals surface area contributed by atoms with E-state index in [-0.39, 0.29) is 17.8 Å². The van der Waals surface area contributed by atoms with Crippen LogP contribution in [0.1, 0.15) is 24.6 Å². The number of nitrogens with one attached hydrogen (secondary N) is 1. The molecule has 7 heteroatoms. The normalized spacial score (nSPS) is 11.9. The average molecular weight is 301 g/mol. The molecule has 0 fully saturated rings. The molecule has 0 aliphatic carbocycles. The molecule has 0 aliphatic heterocycles. The minimum atomic E-state index is -4.61. The third-order valence-electron chi connectivity index (χ3n) is 2.94. The van der Waals surface area contributed by atoms with E-state index in [1.807, 2.05) is 6.92 Å². The molecule has 2 rings (SSSR count). The van der Waals surface area contributed by atoms with Crippen molar-refractivity contribution in [2.75, 3.05) is 6.54 Å². The van der Waals surface area contributed by atoms with Crippen LogP contribution >= 0.6 is 0 Å². The van der Waals surface area contributed by atoms with Gasteiger partial charge in [-0.1, -0.05) is 19.1 Å².